The Hall–Kier alpha value is -3.54. The lowest BCUT2D eigenvalue weighted by Crippen LogP contribution is -2.42. The van der Waals surface area contributed by atoms with E-state index in [0.717, 1.165) is 36.0 Å². The number of carbonyl (C=O) groups is 1. The average molecular weight is 478 g/mol. The van der Waals surface area contributed by atoms with Gasteiger partial charge in [-0.25, -0.2) is 9.97 Å². The smallest absolute Gasteiger partial charge is 0.257 e. The van der Waals surface area contributed by atoms with E-state index in [1.165, 1.54) is 6.20 Å². The summed E-state index contributed by atoms with van der Waals surface area (Å²) in [6.45, 7) is 1.91. The molecule has 2 saturated heterocycles. The molecule has 6 rings (SSSR count). The van der Waals surface area contributed by atoms with Gasteiger partial charge in [0.2, 0.25) is 0 Å². The van der Waals surface area contributed by atoms with E-state index >= 15 is 0 Å². The second kappa shape index (κ2) is 8.91. The highest BCUT2D eigenvalue weighted by Crippen LogP contribution is 2.34. The van der Waals surface area contributed by atoms with Crippen molar-refractivity contribution in [3.05, 3.63) is 42.4 Å². The van der Waals surface area contributed by atoms with Gasteiger partial charge in [-0.05, 0) is 25.0 Å². The molecule has 3 atom stereocenters. The third-order valence-corrected chi connectivity index (χ3v) is 6.73. The van der Waals surface area contributed by atoms with Gasteiger partial charge in [-0.2, -0.15) is 9.61 Å². The molecule has 4 aromatic heterocycles. The molecular formula is C24H27N7O4. The van der Waals surface area contributed by atoms with Crippen molar-refractivity contribution >= 4 is 28.4 Å². The molecule has 182 valence electrons. The van der Waals surface area contributed by atoms with Gasteiger partial charge >= 0.3 is 0 Å². The summed E-state index contributed by atoms with van der Waals surface area (Å²) in [7, 11) is 1.80. The number of aliphatic hydroxyl groups is 1. The molecule has 0 radical (unpaired) electrons. The van der Waals surface area contributed by atoms with Crippen LogP contribution < -0.4 is 10.6 Å². The Balaban J connectivity index is 1.45. The van der Waals surface area contributed by atoms with Gasteiger partial charge in [0.05, 0.1) is 49.9 Å². The van der Waals surface area contributed by atoms with Crippen molar-refractivity contribution in [3.8, 4) is 11.3 Å². The van der Waals surface area contributed by atoms with Crippen LogP contribution in [0.3, 0.4) is 0 Å². The van der Waals surface area contributed by atoms with E-state index in [2.05, 4.69) is 31.5 Å². The summed E-state index contributed by atoms with van der Waals surface area (Å²) in [5, 5.41) is 21.4. The summed E-state index contributed by atoms with van der Waals surface area (Å²) < 4.78 is 14.8. The molecule has 2 aliphatic rings. The number of anilines is 1. The van der Waals surface area contributed by atoms with Crippen molar-refractivity contribution in [1.82, 2.24) is 29.5 Å². The third-order valence-electron chi connectivity index (χ3n) is 6.73. The van der Waals surface area contributed by atoms with Gasteiger partial charge in [-0.3, -0.25) is 4.79 Å². The zero-order valence-electron chi connectivity index (χ0n) is 19.3. The van der Waals surface area contributed by atoms with Gasteiger partial charge < -0.3 is 29.8 Å². The predicted octanol–water partition coefficient (Wildman–Crippen LogP) is 1.63. The van der Waals surface area contributed by atoms with Gasteiger partial charge in [-0.1, -0.05) is 0 Å². The number of nitrogens with zero attached hydrogens (tertiary/aromatic N) is 5. The monoisotopic (exact) mass is 477 g/mol. The molecule has 1 unspecified atom stereocenters. The lowest BCUT2D eigenvalue weighted by Gasteiger charge is -2.24. The lowest BCUT2D eigenvalue weighted by atomic mass is 10.1. The fourth-order valence-corrected chi connectivity index (χ4v) is 4.87. The molecule has 0 aliphatic carbocycles. The maximum absolute atomic E-state index is 13.1. The third kappa shape index (κ3) is 3.81. The van der Waals surface area contributed by atoms with Gasteiger partial charge in [-0.15, -0.1) is 0 Å². The number of aromatic nitrogens is 5. The van der Waals surface area contributed by atoms with Gasteiger partial charge in [0.25, 0.3) is 5.91 Å². The maximum Gasteiger partial charge on any atom is 0.257 e. The first-order valence-corrected chi connectivity index (χ1v) is 11.8. The minimum absolute atomic E-state index is 0.205. The van der Waals surface area contributed by atoms with E-state index in [9.17, 15) is 9.90 Å². The standard InChI is InChI=1S/C24H27N7O4/c1-25-21-8-18(17-10-30(14-4-3-7-34-11-14)22-15(17)5-2-6-26-22)28-23-16(9-27-31(21)23)24(33)29-19-12-35-13-20(19)32/h2,5-6,8-10,14,19-20,25,32H,3-4,7,11-13H2,1H3,(H,29,33)/t14?,19-,20+/m0/s1. The van der Waals surface area contributed by atoms with Crippen LogP contribution in [-0.4, -0.2) is 80.8 Å². The molecule has 0 spiro atoms. The Kier molecular flexibility index (Phi) is 5.59. The van der Waals surface area contributed by atoms with Crippen molar-refractivity contribution in [2.45, 2.75) is 31.0 Å². The summed E-state index contributed by atoms with van der Waals surface area (Å²) >= 11 is 0. The summed E-state index contributed by atoms with van der Waals surface area (Å²) in [6.07, 6.45) is 6.67. The highest BCUT2D eigenvalue weighted by Gasteiger charge is 2.29. The second-order valence-electron chi connectivity index (χ2n) is 8.95. The number of fused-ring (bicyclic) bond motifs is 2. The number of hydrogen-bond donors (Lipinski definition) is 3. The molecule has 0 aromatic carbocycles. The van der Waals surface area contributed by atoms with Crippen molar-refractivity contribution < 1.29 is 19.4 Å². The summed E-state index contributed by atoms with van der Waals surface area (Å²) in [4.78, 5) is 22.6. The van der Waals surface area contributed by atoms with E-state index in [1.807, 2.05) is 18.2 Å². The lowest BCUT2D eigenvalue weighted by molar-refractivity contribution is 0.0605. The van der Waals surface area contributed by atoms with E-state index in [-0.39, 0.29) is 25.2 Å². The normalized spacial score (nSPS) is 22.6. The van der Waals surface area contributed by atoms with E-state index in [0.29, 0.717) is 29.3 Å². The maximum atomic E-state index is 13.1. The fourth-order valence-electron chi connectivity index (χ4n) is 4.87. The molecule has 35 heavy (non-hydrogen) atoms. The molecule has 11 nitrogen and oxygen atoms in total. The molecule has 2 aliphatic heterocycles. The highest BCUT2D eigenvalue weighted by atomic mass is 16.5. The van der Waals surface area contributed by atoms with Crippen LogP contribution in [0.15, 0.2) is 36.8 Å². The zero-order chi connectivity index (χ0) is 23.9. The minimum atomic E-state index is -0.737. The van der Waals surface area contributed by atoms with Crippen LogP contribution >= 0.6 is 0 Å². The Morgan fingerprint density at radius 3 is 2.91 bits per heavy atom. The number of carbonyl (C=O) groups excluding carboxylic acids is 1. The first-order chi connectivity index (χ1) is 17.1. The van der Waals surface area contributed by atoms with Crippen LogP contribution in [-0.2, 0) is 9.47 Å². The highest BCUT2D eigenvalue weighted by molar-refractivity contribution is 6.01. The Labute approximate surface area is 201 Å². The van der Waals surface area contributed by atoms with Crippen LogP contribution in [0.5, 0.6) is 0 Å². The average Bonchev–Trinajstić information content (AvgIpc) is 3.61. The number of pyridine rings is 1. The van der Waals surface area contributed by atoms with Crippen LogP contribution in [0.4, 0.5) is 5.82 Å². The first kappa shape index (κ1) is 22.0. The van der Waals surface area contributed by atoms with Crippen LogP contribution in [0.25, 0.3) is 27.9 Å². The molecule has 6 heterocycles. The van der Waals surface area contributed by atoms with Crippen LogP contribution in [0, 0.1) is 0 Å². The Morgan fingerprint density at radius 2 is 2.14 bits per heavy atom. The van der Waals surface area contributed by atoms with Crippen LogP contribution in [0.2, 0.25) is 0 Å². The minimum Gasteiger partial charge on any atom is -0.388 e. The van der Waals surface area contributed by atoms with E-state index in [4.69, 9.17) is 14.5 Å². The van der Waals surface area contributed by atoms with Crippen molar-refractivity contribution in [1.29, 1.82) is 0 Å². The molecule has 2 fully saturated rings. The molecule has 3 N–H and O–H groups in total. The summed E-state index contributed by atoms with van der Waals surface area (Å²) in [6, 6.07) is 5.61. The van der Waals surface area contributed by atoms with Gasteiger partial charge in [0, 0.05) is 43.1 Å². The fraction of sp³-hybridized carbons (Fsp3) is 0.417. The zero-order valence-corrected chi connectivity index (χ0v) is 19.3. The molecular weight excluding hydrogens is 450 g/mol. The number of amides is 1. The van der Waals surface area contributed by atoms with E-state index < -0.39 is 12.1 Å². The largest absolute Gasteiger partial charge is 0.388 e. The first-order valence-electron chi connectivity index (χ1n) is 11.8. The predicted molar refractivity (Wildman–Crippen MR) is 128 cm³/mol. The summed E-state index contributed by atoms with van der Waals surface area (Å²) in [5.41, 5.74) is 3.25. The van der Waals surface area contributed by atoms with E-state index in [1.54, 1.807) is 17.8 Å². The molecule has 1 amide bonds. The Morgan fingerprint density at radius 1 is 1.23 bits per heavy atom. The van der Waals surface area contributed by atoms with Crippen molar-refractivity contribution in [2.75, 3.05) is 38.8 Å². The number of nitrogens with one attached hydrogen (secondary N) is 2. The molecule has 0 bridgehead atoms. The molecule has 0 saturated carbocycles. The van der Waals surface area contributed by atoms with Gasteiger partial charge in [0.15, 0.2) is 5.65 Å². The summed E-state index contributed by atoms with van der Waals surface area (Å²) in [5.74, 6) is 0.337. The number of aliphatic hydroxyl groups excluding tert-OH is 1. The van der Waals surface area contributed by atoms with Crippen molar-refractivity contribution in [3.63, 3.8) is 0 Å². The molecule has 11 heteroatoms. The molecule has 4 aromatic rings. The Bertz CT molecular complexity index is 1390. The number of hydrogen-bond acceptors (Lipinski definition) is 8. The number of ether oxygens (including phenoxy) is 2. The van der Waals surface area contributed by atoms with Crippen molar-refractivity contribution in [2.24, 2.45) is 0 Å². The van der Waals surface area contributed by atoms with Crippen LogP contribution in [0.1, 0.15) is 29.2 Å². The quantitative estimate of drug-likeness (QED) is 0.396. The number of rotatable bonds is 5. The topological polar surface area (TPSA) is 128 Å². The second-order valence-corrected chi connectivity index (χ2v) is 8.95. The SMILES string of the molecule is CNc1cc(-c2cn(C3CCCOC3)c3ncccc23)nc2c(C(=O)N[C@H]3COC[C@H]3O)cnn12. The van der Waals surface area contributed by atoms with Gasteiger partial charge in [0.1, 0.15) is 17.0 Å².